The molecule has 6 heteroatoms. The van der Waals surface area contributed by atoms with Gasteiger partial charge < -0.3 is 20.5 Å². The van der Waals surface area contributed by atoms with Crippen molar-refractivity contribution in [1.29, 1.82) is 0 Å². The Morgan fingerprint density at radius 3 is 2.63 bits per heavy atom. The van der Waals surface area contributed by atoms with Crippen molar-refractivity contribution in [2.24, 2.45) is 10.7 Å². The largest absolute Gasteiger partial charge is 0.495 e. The SMILES string of the molecule is COc1ccc(NC(N)=NCC(C)(C)OC)cc1Cl. The molecule has 1 aromatic rings. The van der Waals surface area contributed by atoms with E-state index in [9.17, 15) is 0 Å². The number of ether oxygens (including phenoxy) is 2. The van der Waals surface area contributed by atoms with Crippen LogP contribution in [0.25, 0.3) is 0 Å². The Hall–Kier alpha value is -1.46. The van der Waals surface area contributed by atoms with E-state index in [0.29, 0.717) is 23.3 Å². The van der Waals surface area contributed by atoms with E-state index in [4.69, 9.17) is 26.8 Å². The predicted octanol–water partition coefficient (Wildman–Crippen LogP) is 2.50. The van der Waals surface area contributed by atoms with Crippen molar-refractivity contribution in [3.05, 3.63) is 23.2 Å². The third-order valence-electron chi connectivity index (χ3n) is 2.61. The summed E-state index contributed by atoms with van der Waals surface area (Å²) in [5.41, 5.74) is 6.21. The number of methoxy groups -OCH3 is 2. The molecule has 3 N–H and O–H groups in total. The Morgan fingerprint density at radius 1 is 1.42 bits per heavy atom. The average molecular weight is 286 g/mol. The summed E-state index contributed by atoms with van der Waals surface area (Å²) in [6.45, 7) is 4.34. The molecule has 0 amide bonds. The maximum Gasteiger partial charge on any atom is 0.193 e. The number of rotatable bonds is 5. The lowest BCUT2D eigenvalue weighted by atomic mass is 10.1. The smallest absolute Gasteiger partial charge is 0.193 e. The van der Waals surface area contributed by atoms with E-state index >= 15 is 0 Å². The molecule has 0 radical (unpaired) electrons. The number of benzene rings is 1. The van der Waals surface area contributed by atoms with E-state index in [-0.39, 0.29) is 5.60 Å². The van der Waals surface area contributed by atoms with Gasteiger partial charge in [-0.3, -0.25) is 4.99 Å². The first-order chi connectivity index (χ1) is 8.88. The maximum atomic E-state index is 6.02. The second kappa shape index (κ2) is 6.63. The van der Waals surface area contributed by atoms with Crippen molar-refractivity contribution in [2.75, 3.05) is 26.1 Å². The minimum absolute atomic E-state index is 0.311. The summed E-state index contributed by atoms with van der Waals surface area (Å²) in [6, 6.07) is 5.30. The summed E-state index contributed by atoms with van der Waals surface area (Å²) in [7, 11) is 3.21. The first kappa shape index (κ1) is 15.6. The molecule has 0 heterocycles. The van der Waals surface area contributed by atoms with Gasteiger partial charge in [0.15, 0.2) is 5.96 Å². The second-order valence-electron chi connectivity index (χ2n) is 4.64. The van der Waals surface area contributed by atoms with Gasteiger partial charge in [-0.05, 0) is 32.0 Å². The van der Waals surface area contributed by atoms with Crippen molar-refractivity contribution in [3.63, 3.8) is 0 Å². The third-order valence-corrected chi connectivity index (χ3v) is 2.90. The van der Waals surface area contributed by atoms with E-state index < -0.39 is 0 Å². The lowest BCUT2D eigenvalue weighted by Crippen LogP contribution is -2.30. The number of nitrogens with two attached hydrogens (primary N) is 1. The first-order valence-electron chi connectivity index (χ1n) is 5.83. The van der Waals surface area contributed by atoms with Crippen molar-refractivity contribution >= 4 is 23.2 Å². The molecule has 0 aliphatic carbocycles. The molecule has 0 saturated heterocycles. The second-order valence-corrected chi connectivity index (χ2v) is 5.05. The highest BCUT2D eigenvalue weighted by molar-refractivity contribution is 6.32. The molecule has 0 atom stereocenters. The number of anilines is 1. The number of nitrogens with zero attached hydrogens (tertiary/aromatic N) is 1. The number of halogens is 1. The van der Waals surface area contributed by atoms with Gasteiger partial charge in [-0.15, -0.1) is 0 Å². The molecule has 0 aliphatic heterocycles. The molecule has 0 aromatic heterocycles. The van der Waals surface area contributed by atoms with Crippen LogP contribution in [-0.4, -0.2) is 32.3 Å². The molecular formula is C13H20ClN3O2. The number of hydrogen-bond donors (Lipinski definition) is 2. The summed E-state index contributed by atoms with van der Waals surface area (Å²) in [6.07, 6.45) is 0. The van der Waals surface area contributed by atoms with Crippen LogP contribution in [-0.2, 0) is 4.74 Å². The molecule has 1 aromatic carbocycles. The Balaban J connectivity index is 2.69. The van der Waals surface area contributed by atoms with Gasteiger partial charge in [-0.2, -0.15) is 0 Å². The fourth-order valence-corrected chi connectivity index (χ4v) is 1.53. The number of nitrogens with one attached hydrogen (secondary N) is 1. The molecule has 0 spiro atoms. The maximum absolute atomic E-state index is 6.02. The fourth-order valence-electron chi connectivity index (χ4n) is 1.27. The van der Waals surface area contributed by atoms with Crippen LogP contribution >= 0.6 is 11.6 Å². The summed E-state index contributed by atoms with van der Waals surface area (Å²) in [5.74, 6) is 0.926. The molecule has 0 bridgehead atoms. The standard InChI is InChI=1S/C13H20ClN3O2/c1-13(2,19-4)8-16-12(15)17-9-5-6-11(18-3)10(14)7-9/h5-7H,8H2,1-4H3,(H3,15,16,17). The van der Waals surface area contributed by atoms with Crippen molar-refractivity contribution in [1.82, 2.24) is 0 Å². The average Bonchev–Trinajstić information content (AvgIpc) is 2.37. The molecule has 5 nitrogen and oxygen atoms in total. The van der Waals surface area contributed by atoms with Crippen LogP contribution in [0, 0.1) is 0 Å². The van der Waals surface area contributed by atoms with Crippen LogP contribution < -0.4 is 15.8 Å². The van der Waals surface area contributed by atoms with E-state index in [2.05, 4.69) is 10.3 Å². The number of aliphatic imine (C=N–C) groups is 1. The monoisotopic (exact) mass is 285 g/mol. The Morgan fingerprint density at radius 2 is 2.11 bits per heavy atom. The molecule has 19 heavy (non-hydrogen) atoms. The van der Waals surface area contributed by atoms with Gasteiger partial charge in [-0.1, -0.05) is 11.6 Å². The molecular weight excluding hydrogens is 266 g/mol. The van der Waals surface area contributed by atoms with Gasteiger partial charge in [0.05, 0.1) is 24.3 Å². The van der Waals surface area contributed by atoms with E-state index in [1.54, 1.807) is 26.4 Å². The van der Waals surface area contributed by atoms with E-state index in [0.717, 1.165) is 5.69 Å². The zero-order chi connectivity index (χ0) is 14.5. The predicted molar refractivity (Wildman–Crippen MR) is 79.2 cm³/mol. The minimum atomic E-state index is -0.343. The lowest BCUT2D eigenvalue weighted by Gasteiger charge is -2.20. The van der Waals surface area contributed by atoms with E-state index in [1.165, 1.54) is 0 Å². The van der Waals surface area contributed by atoms with Crippen molar-refractivity contribution in [3.8, 4) is 5.75 Å². The van der Waals surface area contributed by atoms with Crippen LogP contribution in [0.5, 0.6) is 5.75 Å². The molecule has 0 aliphatic rings. The highest BCUT2D eigenvalue weighted by atomic mass is 35.5. The molecule has 0 saturated carbocycles. The van der Waals surface area contributed by atoms with Crippen molar-refractivity contribution < 1.29 is 9.47 Å². The topological polar surface area (TPSA) is 68.9 Å². The summed E-state index contributed by atoms with van der Waals surface area (Å²) in [5, 5.41) is 3.47. The van der Waals surface area contributed by atoms with Gasteiger partial charge >= 0.3 is 0 Å². The minimum Gasteiger partial charge on any atom is -0.495 e. The normalized spacial score (nSPS) is 12.4. The number of guanidine groups is 1. The van der Waals surface area contributed by atoms with Crippen LogP contribution in [0.15, 0.2) is 23.2 Å². The highest BCUT2D eigenvalue weighted by Crippen LogP contribution is 2.27. The highest BCUT2D eigenvalue weighted by Gasteiger charge is 2.15. The van der Waals surface area contributed by atoms with Crippen LogP contribution in [0.4, 0.5) is 5.69 Å². The Bertz CT molecular complexity index is 461. The summed E-state index contributed by atoms with van der Waals surface area (Å²) < 4.78 is 10.3. The molecule has 1 rings (SSSR count). The zero-order valence-electron chi connectivity index (χ0n) is 11.7. The van der Waals surface area contributed by atoms with Crippen molar-refractivity contribution in [2.45, 2.75) is 19.4 Å². The lowest BCUT2D eigenvalue weighted by molar-refractivity contribution is 0.0312. The fraction of sp³-hybridized carbons (Fsp3) is 0.462. The zero-order valence-corrected chi connectivity index (χ0v) is 12.4. The molecule has 0 fully saturated rings. The number of hydrogen-bond acceptors (Lipinski definition) is 3. The third kappa shape index (κ3) is 4.96. The van der Waals surface area contributed by atoms with Gasteiger partial charge in [0.25, 0.3) is 0 Å². The van der Waals surface area contributed by atoms with E-state index in [1.807, 2.05) is 19.9 Å². The van der Waals surface area contributed by atoms with Gasteiger partial charge in [0, 0.05) is 12.8 Å². The van der Waals surface area contributed by atoms with Crippen LogP contribution in [0.3, 0.4) is 0 Å². The summed E-state index contributed by atoms with van der Waals surface area (Å²) in [4.78, 5) is 4.22. The van der Waals surface area contributed by atoms with Gasteiger partial charge in [0.2, 0.25) is 0 Å². The summed E-state index contributed by atoms with van der Waals surface area (Å²) >= 11 is 6.02. The van der Waals surface area contributed by atoms with Gasteiger partial charge in [-0.25, -0.2) is 0 Å². The van der Waals surface area contributed by atoms with Crippen LogP contribution in [0.1, 0.15) is 13.8 Å². The van der Waals surface area contributed by atoms with Crippen LogP contribution in [0.2, 0.25) is 5.02 Å². The van der Waals surface area contributed by atoms with Gasteiger partial charge in [0.1, 0.15) is 5.75 Å². The molecule has 106 valence electrons. The Kier molecular flexibility index (Phi) is 5.44. The Labute approximate surface area is 118 Å². The quantitative estimate of drug-likeness (QED) is 0.644. The molecule has 0 unspecified atom stereocenters. The first-order valence-corrected chi connectivity index (χ1v) is 6.21.